The molecule has 5 rings (SSSR count). The number of pyridine rings is 1. The van der Waals surface area contributed by atoms with Crippen LogP contribution in [0.3, 0.4) is 0 Å². The second-order valence-corrected chi connectivity index (χ2v) is 8.27. The maximum Gasteiger partial charge on any atom is 0.138 e. The maximum absolute atomic E-state index is 6.37. The Morgan fingerprint density at radius 2 is 1.26 bits per heavy atom. The smallest absolute Gasteiger partial charge is 0.138 e. The van der Waals surface area contributed by atoms with E-state index in [2.05, 4.69) is 98.4 Å². The van der Waals surface area contributed by atoms with Gasteiger partial charge in [0.2, 0.25) is 0 Å². The Kier molecular flexibility index (Phi) is 5.34. The summed E-state index contributed by atoms with van der Waals surface area (Å²) in [5.74, 6) is 0. The van der Waals surface area contributed by atoms with Crippen molar-refractivity contribution in [2.24, 2.45) is 0 Å². The quantitative estimate of drug-likeness (QED) is 0.154. The first kappa shape index (κ1) is 20.0. The summed E-state index contributed by atoms with van der Waals surface area (Å²) in [5, 5.41) is 7.16. The summed E-state index contributed by atoms with van der Waals surface area (Å²) in [7, 11) is 0. The van der Waals surface area contributed by atoms with Gasteiger partial charge in [-0.05, 0) is 16.7 Å². The van der Waals surface area contributed by atoms with Gasteiger partial charge in [0.25, 0.3) is 0 Å². The van der Waals surface area contributed by atoms with E-state index in [0.717, 1.165) is 33.3 Å². The fourth-order valence-electron chi connectivity index (χ4n) is 4.31. The van der Waals surface area contributed by atoms with Gasteiger partial charge in [0.1, 0.15) is 10.7 Å². The fraction of sp³-hybridized carbons (Fsp3) is 0.0769. The summed E-state index contributed by atoms with van der Waals surface area (Å²) < 4.78 is 2.10. The van der Waals surface area contributed by atoms with Crippen LogP contribution in [-0.4, -0.2) is 14.8 Å². The molecule has 0 atom stereocenters. The molecule has 0 saturated heterocycles. The fourth-order valence-corrected chi connectivity index (χ4v) is 4.87. The predicted molar refractivity (Wildman–Crippen MR) is 130 cm³/mol. The van der Waals surface area contributed by atoms with Crippen LogP contribution in [0.15, 0.2) is 103 Å². The summed E-state index contributed by atoms with van der Waals surface area (Å²) >= 11 is 9.98. The van der Waals surface area contributed by atoms with E-state index in [1.54, 1.807) is 0 Å². The van der Waals surface area contributed by atoms with Crippen molar-refractivity contribution in [3.8, 4) is 0 Å². The van der Waals surface area contributed by atoms with Gasteiger partial charge < -0.3 is 0 Å². The van der Waals surface area contributed by atoms with Crippen LogP contribution < -0.4 is 0 Å². The highest BCUT2D eigenvalue weighted by molar-refractivity contribution is 9.08. The normalized spacial score (nSPS) is 11.7. The van der Waals surface area contributed by atoms with Crippen molar-refractivity contribution in [1.29, 1.82) is 0 Å². The molecule has 31 heavy (non-hydrogen) atoms. The van der Waals surface area contributed by atoms with E-state index in [4.69, 9.17) is 16.7 Å². The summed E-state index contributed by atoms with van der Waals surface area (Å²) in [4.78, 5) is 4.32. The minimum Gasteiger partial charge on any atom is -0.245 e. The molecule has 3 aromatic carbocycles. The highest BCUT2D eigenvalue weighted by Crippen LogP contribution is 2.43. The predicted octanol–water partition coefficient (Wildman–Crippen LogP) is 6.82. The molecule has 0 radical (unpaired) electrons. The lowest BCUT2D eigenvalue weighted by molar-refractivity contribution is 0.473. The Morgan fingerprint density at radius 3 is 1.71 bits per heavy atom. The standard InChI is InChI=1S/C26H19BrClN3/c27-17-23-22-18-29-25(28)16-24(22)31(30-23)26(19-10-4-1-5-11-19,20-12-6-2-7-13-20)21-14-8-3-9-15-21/h1-16,18H,17H2. The van der Waals surface area contributed by atoms with E-state index in [-0.39, 0.29) is 0 Å². The molecule has 3 nitrogen and oxygen atoms in total. The van der Waals surface area contributed by atoms with Gasteiger partial charge in [0.05, 0.1) is 11.2 Å². The first-order valence-corrected chi connectivity index (χ1v) is 11.5. The van der Waals surface area contributed by atoms with Crippen molar-refractivity contribution in [2.45, 2.75) is 10.9 Å². The van der Waals surface area contributed by atoms with Crippen LogP contribution in [0.4, 0.5) is 0 Å². The minimum atomic E-state index is -0.687. The third-order valence-electron chi connectivity index (χ3n) is 5.63. The van der Waals surface area contributed by atoms with Crippen LogP contribution >= 0.6 is 27.5 Å². The van der Waals surface area contributed by atoms with Crippen LogP contribution in [0.1, 0.15) is 22.4 Å². The number of aromatic nitrogens is 3. The van der Waals surface area contributed by atoms with Gasteiger partial charge in [0, 0.05) is 23.0 Å². The van der Waals surface area contributed by atoms with Crippen molar-refractivity contribution in [3.63, 3.8) is 0 Å². The van der Waals surface area contributed by atoms with Gasteiger partial charge in [-0.3, -0.25) is 0 Å². The molecule has 0 aliphatic rings. The zero-order valence-electron chi connectivity index (χ0n) is 16.6. The Balaban J connectivity index is 1.99. The van der Waals surface area contributed by atoms with Crippen LogP contribution in [-0.2, 0) is 10.9 Å². The molecule has 0 N–H and O–H groups in total. The summed E-state index contributed by atoms with van der Waals surface area (Å²) in [6.07, 6.45) is 1.81. The van der Waals surface area contributed by atoms with Gasteiger partial charge >= 0.3 is 0 Å². The van der Waals surface area contributed by atoms with Gasteiger partial charge in [-0.25, -0.2) is 9.67 Å². The molecule has 2 heterocycles. The summed E-state index contributed by atoms with van der Waals surface area (Å²) in [6, 6.07) is 33.4. The van der Waals surface area contributed by atoms with Crippen LogP contribution in [0.25, 0.3) is 10.9 Å². The van der Waals surface area contributed by atoms with Gasteiger partial charge in [-0.1, -0.05) is 119 Å². The first-order chi connectivity index (χ1) is 15.2. The van der Waals surface area contributed by atoms with Gasteiger partial charge in [-0.2, -0.15) is 5.10 Å². The number of hydrogen-bond donors (Lipinski definition) is 0. The molecule has 0 saturated carbocycles. The van der Waals surface area contributed by atoms with Crippen LogP contribution in [0.2, 0.25) is 5.15 Å². The van der Waals surface area contributed by atoms with E-state index < -0.39 is 5.54 Å². The molecular formula is C26H19BrClN3. The highest BCUT2D eigenvalue weighted by Gasteiger charge is 2.40. The topological polar surface area (TPSA) is 30.7 Å². The van der Waals surface area contributed by atoms with E-state index >= 15 is 0 Å². The van der Waals surface area contributed by atoms with Gasteiger partial charge in [-0.15, -0.1) is 0 Å². The van der Waals surface area contributed by atoms with Crippen molar-refractivity contribution in [2.75, 3.05) is 0 Å². The van der Waals surface area contributed by atoms with Crippen molar-refractivity contribution < 1.29 is 0 Å². The molecule has 0 aliphatic carbocycles. The molecule has 152 valence electrons. The summed E-state index contributed by atoms with van der Waals surface area (Å²) in [6.45, 7) is 0. The summed E-state index contributed by atoms with van der Waals surface area (Å²) in [5.41, 5.74) is 4.52. The monoisotopic (exact) mass is 487 g/mol. The zero-order valence-corrected chi connectivity index (χ0v) is 19.0. The van der Waals surface area contributed by atoms with Crippen molar-refractivity contribution in [1.82, 2.24) is 14.8 Å². The van der Waals surface area contributed by atoms with E-state index in [9.17, 15) is 0 Å². The maximum atomic E-state index is 6.37. The number of alkyl halides is 1. The lowest BCUT2D eigenvalue weighted by atomic mass is 9.77. The number of nitrogens with zero attached hydrogens (tertiary/aromatic N) is 3. The minimum absolute atomic E-state index is 0.442. The molecule has 0 fully saturated rings. The average Bonchev–Trinajstić information content (AvgIpc) is 3.20. The van der Waals surface area contributed by atoms with Crippen LogP contribution in [0, 0.1) is 0 Å². The Bertz CT molecular complexity index is 1220. The molecule has 0 bridgehead atoms. The van der Waals surface area contributed by atoms with Gasteiger partial charge in [0.15, 0.2) is 0 Å². The SMILES string of the molecule is Clc1cc2c(cn1)c(CBr)nn2C(c1ccccc1)(c1ccccc1)c1ccccc1. The second kappa shape index (κ2) is 8.29. The van der Waals surface area contributed by atoms with E-state index in [1.165, 1.54) is 0 Å². The largest absolute Gasteiger partial charge is 0.245 e. The molecule has 0 aliphatic heterocycles. The Hall–Kier alpha value is -2.95. The lowest BCUT2D eigenvalue weighted by Gasteiger charge is -2.37. The number of hydrogen-bond acceptors (Lipinski definition) is 2. The molecule has 0 unspecified atom stereocenters. The highest BCUT2D eigenvalue weighted by atomic mass is 79.9. The van der Waals surface area contributed by atoms with Crippen LogP contribution in [0.5, 0.6) is 0 Å². The van der Waals surface area contributed by atoms with E-state index in [1.807, 2.05) is 30.5 Å². The Labute approximate surface area is 194 Å². The third kappa shape index (κ3) is 3.27. The van der Waals surface area contributed by atoms with E-state index in [0.29, 0.717) is 10.5 Å². The number of rotatable bonds is 5. The zero-order chi connectivity index (χ0) is 21.3. The number of halogens is 2. The third-order valence-corrected chi connectivity index (χ3v) is 6.37. The molecule has 0 spiro atoms. The molecule has 5 aromatic rings. The first-order valence-electron chi connectivity index (χ1n) is 10.0. The molecule has 2 aromatic heterocycles. The molecule has 0 amide bonds. The average molecular weight is 489 g/mol. The number of benzene rings is 3. The molecular weight excluding hydrogens is 470 g/mol. The number of fused-ring (bicyclic) bond motifs is 1. The van der Waals surface area contributed by atoms with Crippen molar-refractivity contribution >= 4 is 38.4 Å². The lowest BCUT2D eigenvalue weighted by Crippen LogP contribution is -2.38. The van der Waals surface area contributed by atoms with Crippen molar-refractivity contribution in [3.05, 3.63) is 131 Å². The molecule has 5 heteroatoms. The Morgan fingerprint density at radius 1 is 0.774 bits per heavy atom. The second-order valence-electron chi connectivity index (χ2n) is 7.32.